The van der Waals surface area contributed by atoms with Gasteiger partial charge in [0, 0.05) is 7.05 Å². The second kappa shape index (κ2) is 2.80. The third-order valence-electron chi connectivity index (χ3n) is 1.50. The number of nitrogens with two attached hydrogens (primary N) is 1. The van der Waals surface area contributed by atoms with Gasteiger partial charge in [-0.05, 0) is 26.4 Å². The molecule has 0 fully saturated rings. The number of hydrogen-bond donors (Lipinski definition) is 1. The van der Waals surface area contributed by atoms with E-state index in [9.17, 15) is 0 Å². The SMILES string of the molecule is Cn1nnnc1-n1cc(Br)c(N)n1. The number of anilines is 1. The molecular weight excluding hydrogens is 238 g/mol. The fraction of sp³-hybridized carbons (Fsp3) is 0.200. The summed E-state index contributed by atoms with van der Waals surface area (Å²) in [4.78, 5) is 0. The van der Waals surface area contributed by atoms with Crippen molar-refractivity contribution < 1.29 is 0 Å². The minimum Gasteiger partial charge on any atom is -0.381 e. The first kappa shape index (κ1) is 8.17. The van der Waals surface area contributed by atoms with Crippen LogP contribution in [0.2, 0.25) is 0 Å². The lowest BCUT2D eigenvalue weighted by molar-refractivity contribution is 0.672. The number of aromatic nitrogens is 6. The Morgan fingerprint density at radius 3 is 2.77 bits per heavy atom. The summed E-state index contributed by atoms with van der Waals surface area (Å²) in [6.07, 6.45) is 1.70. The standard InChI is InChI=1S/C5H6BrN7/c1-12-5(8-10-11-12)13-2-3(6)4(7)9-13/h2H,1H3,(H2,7,9). The van der Waals surface area contributed by atoms with Crippen LogP contribution in [-0.2, 0) is 7.05 Å². The van der Waals surface area contributed by atoms with Crippen LogP contribution in [-0.4, -0.2) is 30.0 Å². The Kier molecular flexibility index (Phi) is 1.76. The summed E-state index contributed by atoms with van der Waals surface area (Å²) in [5.74, 6) is 0.917. The van der Waals surface area contributed by atoms with Gasteiger partial charge in [0.15, 0.2) is 5.82 Å². The first-order chi connectivity index (χ1) is 6.18. The van der Waals surface area contributed by atoms with Crippen molar-refractivity contribution in [2.75, 3.05) is 5.73 Å². The highest BCUT2D eigenvalue weighted by Gasteiger charge is 2.08. The molecule has 0 saturated heterocycles. The van der Waals surface area contributed by atoms with Crippen LogP contribution < -0.4 is 5.73 Å². The highest BCUT2D eigenvalue weighted by molar-refractivity contribution is 9.10. The van der Waals surface area contributed by atoms with Crippen molar-refractivity contribution in [2.24, 2.45) is 7.05 Å². The average molecular weight is 244 g/mol. The largest absolute Gasteiger partial charge is 0.381 e. The summed E-state index contributed by atoms with van der Waals surface area (Å²) in [6.45, 7) is 0. The lowest BCUT2D eigenvalue weighted by Gasteiger charge is -1.95. The Morgan fingerprint density at radius 1 is 1.54 bits per heavy atom. The van der Waals surface area contributed by atoms with Gasteiger partial charge in [0.25, 0.3) is 5.95 Å². The maximum atomic E-state index is 5.54. The molecule has 0 aliphatic heterocycles. The molecule has 68 valence electrons. The minimum atomic E-state index is 0.406. The smallest absolute Gasteiger partial charge is 0.270 e. The maximum absolute atomic E-state index is 5.54. The maximum Gasteiger partial charge on any atom is 0.270 e. The van der Waals surface area contributed by atoms with Gasteiger partial charge < -0.3 is 5.73 Å². The first-order valence-corrected chi connectivity index (χ1v) is 4.21. The molecule has 0 saturated carbocycles. The van der Waals surface area contributed by atoms with Crippen molar-refractivity contribution in [1.82, 2.24) is 30.0 Å². The Labute approximate surface area is 81.7 Å². The monoisotopic (exact) mass is 243 g/mol. The van der Waals surface area contributed by atoms with Gasteiger partial charge in [-0.25, -0.2) is 9.36 Å². The lowest BCUT2D eigenvalue weighted by Crippen LogP contribution is -2.05. The molecule has 0 amide bonds. The molecule has 7 nitrogen and oxygen atoms in total. The van der Waals surface area contributed by atoms with E-state index in [-0.39, 0.29) is 0 Å². The number of rotatable bonds is 1. The van der Waals surface area contributed by atoms with Crippen LogP contribution in [0.15, 0.2) is 10.7 Å². The molecule has 0 spiro atoms. The van der Waals surface area contributed by atoms with E-state index < -0.39 is 0 Å². The van der Waals surface area contributed by atoms with Gasteiger partial charge in [0.05, 0.1) is 10.7 Å². The summed E-state index contributed by atoms with van der Waals surface area (Å²) in [7, 11) is 1.72. The quantitative estimate of drug-likeness (QED) is 0.746. The number of nitrogens with zero attached hydrogens (tertiary/aromatic N) is 6. The summed E-state index contributed by atoms with van der Waals surface area (Å²) < 4.78 is 3.72. The highest BCUT2D eigenvalue weighted by Crippen LogP contribution is 2.17. The molecule has 13 heavy (non-hydrogen) atoms. The third kappa shape index (κ3) is 1.28. The van der Waals surface area contributed by atoms with Crippen LogP contribution in [0.4, 0.5) is 5.82 Å². The van der Waals surface area contributed by atoms with E-state index in [2.05, 4.69) is 36.6 Å². The van der Waals surface area contributed by atoms with Crippen molar-refractivity contribution in [2.45, 2.75) is 0 Å². The normalized spacial score (nSPS) is 10.6. The molecule has 0 radical (unpaired) electrons. The molecule has 2 heterocycles. The molecular formula is C5H6BrN7. The van der Waals surface area contributed by atoms with E-state index in [4.69, 9.17) is 5.73 Å². The molecule has 0 unspecified atom stereocenters. The fourth-order valence-corrected chi connectivity index (χ4v) is 1.16. The van der Waals surface area contributed by atoms with Gasteiger partial charge in [-0.2, -0.15) is 0 Å². The first-order valence-electron chi connectivity index (χ1n) is 3.42. The third-order valence-corrected chi connectivity index (χ3v) is 2.11. The molecule has 0 aliphatic carbocycles. The van der Waals surface area contributed by atoms with Crippen molar-refractivity contribution in [3.05, 3.63) is 10.7 Å². The van der Waals surface area contributed by atoms with Crippen LogP contribution >= 0.6 is 15.9 Å². The second-order valence-corrected chi connectivity index (χ2v) is 3.26. The predicted molar refractivity (Wildman–Crippen MR) is 48.0 cm³/mol. The van der Waals surface area contributed by atoms with Gasteiger partial charge in [0.2, 0.25) is 0 Å². The second-order valence-electron chi connectivity index (χ2n) is 2.41. The zero-order valence-electron chi connectivity index (χ0n) is 6.72. The Balaban J connectivity index is 2.53. The summed E-state index contributed by atoms with van der Waals surface area (Å²) in [6, 6.07) is 0. The van der Waals surface area contributed by atoms with Gasteiger partial charge in [-0.15, -0.1) is 5.10 Å². The van der Waals surface area contributed by atoms with E-state index in [1.165, 1.54) is 9.36 Å². The molecule has 0 bridgehead atoms. The van der Waals surface area contributed by atoms with Crippen LogP contribution in [0.1, 0.15) is 0 Å². The molecule has 2 aromatic rings. The molecule has 2 N–H and O–H groups in total. The van der Waals surface area contributed by atoms with Crippen LogP contribution in [0.5, 0.6) is 0 Å². The molecule has 8 heteroatoms. The Bertz CT molecular complexity index is 410. The number of tetrazole rings is 1. The highest BCUT2D eigenvalue weighted by atomic mass is 79.9. The van der Waals surface area contributed by atoms with E-state index >= 15 is 0 Å². The van der Waals surface area contributed by atoms with Crippen molar-refractivity contribution in [1.29, 1.82) is 0 Å². The summed E-state index contributed by atoms with van der Waals surface area (Å²) in [5, 5.41) is 14.9. The predicted octanol–water partition coefficient (Wildman–Crippen LogP) is -0.260. The molecule has 0 aromatic carbocycles. The van der Waals surface area contributed by atoms with Gasteiger partial charge in [0.1, 0.15) is 0 Å². The van der Waals surface area contributed by atoms with Crippen LogP contribution in [0.3, 0.4) is 0 Å². The number of nitrogen functional groups attached to an aromatic ring is 1. The van der Waals surface area contributed by atoms with Gasteiger partial charge >= 0.3 is 0 Å². The lowest BCUT2D eigenvalue weighted by atomic mass is 10.7. The van der Waals surface area contributed by atoms with Crippen LogP contribution in [0.25, 0.3) is 5.95 Å². The van der Waals surface area contributed by atoms with E-state index in [1.54, 1.807) is 13.2 Å². The molecule has 2 rings (SSSR count). The zero-order valence-corrected chi connectivity index (χ0v) is 8.30. The van der Waals surface area contributed by atoms with Crippen molar-refractivity contribution in [3.8, 4) is 5.95 Å². The van der Waals surface area contributed by atoms with Crippen molar-refractivity contribution >= 4 is 21.7 Å². The minimum absolute atomic E-state index is 0.406. The van der Waals surface area contributed by atoms with Crippen molar-refractivity contribution in [3.63, 3.8) is 0 Å². The molecule has 2 aromatic heterocycles. The number of halogens is 1. The van der Waals surface area contributed by atoms with E-state index in [0.29, 0.717) is 11.8 Å². The Morgan fingerprint density at radius 2 is 2.31 bits per heavy atom. The summed E-state index contributed by atoms with van der Waals surface area (Å²) in [5.41, 5.74) is 5.54. The zero-order chi connectivity index (χ0) is 9.42. The van der Waals surface area contributed by atoms with E-state index in [1.807, 2.05) is 0 Å². The molecule has 0 aliphatic rings. The van der Waals surface area contributed by atoms with Crippen LogP contribution in [0, 0.1) is 0 Å². The van der Waals surface area contributed by atoms with Gasteiger partial charge in [-0.3, -0.25) is 0 Å². The fourth-order valence-electron chi connectivity index (χ4n) is 0.887. The molecule has 0 atom stereocenters. The average Bonchev–Trinajstić information content (AvgIpc) is 2.60. The van der Waals surface area contributed by atoms with Gasteiger partial charge in [-0.1, -0.05) is 5.10 Å². The summed E-state index contributed by atoms with van der Waals surface area (Å²) >= 11 is 3.24. The van der Waals surface area contributed by atoms with E-state index in [0.717, 1.165) is 4.47 Å². The topological polar surface area (TPSA) is 87.4 Å². The Hall–Kier alpha value is -1.44. The number of aryl methyl sites for hydroxylation is 1. The number of hydrogen-bond acceptors (Lipinski definition) is 5.